The van der Waals surface area contributed by atoms with Gasteiger partial charge in [0, 0.05) is 12.1 Å². The number of amides is 1. The molecule has 2 N–H and O–H groups in total. The predicted molar refractivity (Wildman–Crippen MR) is 119 cm³/mol. The first-order chi connectivity index (χ1) is 15.5. The number of nitrogens with two attached hydrogens (primary N) is 1. The second kappa shape index (κ2) is 9.39. The number of hydrogen-bond acceptors (Lipinski definition) is 10. The van der Waals surface area contributed by atoms with Crippen molar-refractivity contribution in [2.24, 2.45) is 5.14 Å². The highest BCUT2D eigenvalue weighted by Crippen LogP contribution is 2.42. The SMILES string of the molecule is COC(=O)c1cc(OC)c(OC)cc1N(C(=O)c1sccc1S(N)(=O)=O)c1onc(C)c1Cl. The Bertz CT molecular complexity index is 1330. The summed E-state index contributed by atoms with van der Waals surface area (Å²) in [6.07, 6.45) is 0. The summed E-state index contributed by atoms with van der Waals surface area (Å²) >= 11 is 7.15. The number of anilines is 2. The minimum Gasteiger partial charge on any atom is -0.493 e. The second-order valence-electron chi connectivity index (χ2n) is 6.40. The van der Waals surface area contributed by atoms with E-state index in [1.807, 2.05) is 0 Å². The van der Waals surface area contributed by atoms with E-state index in [2.05, 4.69) is 5.16 Å². The van der Waals surface area contributed by atoms with Crippen molar-refractivity contribution in [3.05, 3.63) is 44.7 Å². The molecule has 0 aliphatic carbocycles. The number of aromatic nitrogens is 1. The molecule has 11 nitrogen and oxygen atoms in total. The van der Waals surface area contributed by atoms with Crippen LogP contribution in [0.1, 0.15) is 25.7 Å². The number of ether oxygens (including phenoxy) is 3. The van der Waals surface area contributed by atoms with Gasteiger partial charge in [-0.15, -0.1) is 11.3 Å². The third kappa shape index (κ3) is 4.53. The second-order valence-corrected chi connectivity index (χ2v) is 9.23. The molecule has 3 rings (SSSR count). The topological polar surface area (TPSA) is 151 Å². The van der Waals surface area contributed by atoms with Crippen molar-refractivity contribution in [3.63, 3.8) is 0 Å². The van der Waals surface area contributed by atoms with Gasteiger partial charge >= 0.3 is 5.97 Å². The lowest BCUT2D eigenvalue weighted by Gasteiger charge is -2.23. The minimum atomic E-state index is -4.25. The normalized spacial score (nSPS) is 11.2. The van der Waals surface area contributed by atoms with Crippen LogP contribution in [-0.4, -0.2) is 46.8 Å². The molecule has 0 saturated carbocycles. The molecule has 1 aromatic carbocycles. The number of benzene rings is 1. The zero-order chi connectivity index (χ0) is 24.5. The quantitative estimate of drug-likeness (QED) is 0.468. The molecule has 0 radical (unpaired) electrons. The maximum absolute atomic E-state index is 13.7. The maximum Gasteiger partial charge on any atom is 0.340 e. The van der Waals surface area contributed by atoms with Gasteiger partial charge in [0.15, 0.2) is 11.5 Å². The van der Waals surface area contributed by atoms with E-state index in [9.17, 15) is 18.0 Å². The zero-order valence-electron chi connectivity index (χ0n) is 17.7. The van der Waals surface area contributed by atoms with Gasteiger partial charge in [0.25, 0.3) is 11.8 Å². The molecule has 33 heavy (non-hydrogen) atoms. The highest BCUT2D eigenvalue weighted by atomic mass is 35.5. The van der Waals surface area contributed by atoms with Crippen LogP contribution in [0.4, 0.5) is 11.6 Å². The Kier molecular flexibility index (Phi) is 6.97. The van der Waals surface area contributed by atoms with Crippen LogP contribution in [-0.2, 0) is 14.8 Å². The fourth-order valence-corrected chi connectivity index (χ4v) is 4.95. The third-order valence-corrected chi connectivity index (χ3v) is 6.88. The Morgan fingerprint density at radius 3 is 2.33 bits per heavy atom. The molecular formula is C19H18ClN3O8S2. The van der Waals surface area contributed by atoms with E-state index in [0.717, 1.165) is 23.3 Å². The van der Waals surface area contributed by atoms with Crippen molar-refractivity contribution < 1.29 is 36.7 Å². The molecule has 0 saturated heterocycles. The van der Waals surface area contributed by atoms with Crippen molar-refractivity contribution in [2.45, 2.75) is 11.8 Å². The zero-order valence-corrected chi connectivity index (χ0v) is 20.1. The van der Waals surface area contributed by atoms with Gasteiger partial charge in [-0.3, -0.25) is 4.79 Å². The molecule has 0 aliphatic rings. The van der Waals surface area contributed by atoms with E-state index in [1.54, 1.807) is 0 Å². The van der Waals surface area contributed by atoms with Crippen LogP contribution in [0.15, 0.2) is 33.0 Å². The molecule has 3 aromatic rings. The average molecular weight is 516 g/mol. The summed E-state index contributed by atoms with van der Waals surface area (Å²) < 4.78 is 44.7. The lowest BCUT2D eigenvalue weighted by atomic mass is 10.1. The lowest BCUT2D eigenvalue weighted by molar-refractivity contribution is 0.0601. The van der Waals surface area contributed by atoms with Crippen LogP contribution in [0.25, 0.3) is 0 Å². The van der Waals surface area contributed by atoms with Gasteiger partial charge in [-0.2, -0.15) is 0 Å². The van der Waals surface area contributed by atoms with Crippen LogP contribution >= 0.6 is 22.9 Å². The smallest absolute Gasteiger partial charge is 0.340 e. The van der Waals surface area contributed by atoms with Gasteiger partial charge < -0.3 is 18.7 Å². The van der Waals surface area contributed by atoms with Crippen LogP contribution in [0.2, 0.25) is 5.02 Å². The van der Waals surface area contributed by atoms with Crippen molar-refractivity contribution in [3.8, 4) is 11.5 Å². The van der Waals surface area contributed by atoms with Gasteiger partial charge in [0.1, 0.15) is 20.5 Å². The van der Waals surface area contributed by atoms with Gasteiger partial charge in [-0.25, -0.2) is 23.3 Å². The Morgan fingerprint density at radius 1 is 1.18 bits per heavy atom. The molecule has 14 heteroatoms. The Balaban J connectivity index is 2.37. The Labute approximate surface area is 197 Å². The average Bonchev–Trinajstić information content (AvgIpc) is 3.41. The van der Waals surface area contributed by atoms with Gasteiger partial charge in [-0.1, -0.05) is 16.8 Å². The molecule has 0 spiro atoms. The van der Waals surface area contributed by atoms with Crippen LogP contribution in [0.5, 0.6) is 11.5 Å². The summed E-state index contributed by atoms with van der Waals surface area (Å²) in [6.45, 7) is 1.54. The first-order valence-corrected chi connectivity index (χ1v) is 11.8. The molecule has 2 aromatic heterocycles. The van der Waals surface area contributed by atoms with Gasteiger partial charge in [0.2, 0.25) is 10.0 Å². The minimum absolute atomic E-state index is 0.0392. The molecule has 1 amide bonds. The maximum atomic E-state index is 13.7. The molecule has 2 heterocycles. The van der Waals surface area contributed by atoms with E-state index >= 15 is 0 Å². The summed E-state index contributed by atoms with van der Waals surface area (Å²) in [4.78, 5) is 26.6. The number of nitrogens with zero attached hydrogens (tertiary/aromatic N) is 2. The number of rotatable bonds is 7. The Morgan fingerprint density at radius 2 is 1.82 bits per heavy atom. The number of methoxy groups -OCH3 is 3. The highest BCUT2D eigenvalue weighted by Gasteiger charge is 2.35. The standard InChI is InChI=1S/C19H18ClN3O8S2/c1-9-15(20)18(31-22-9)23(17(24)16-14(5-6-32-16)33(21,26)27)11-8-13(29-3)12(28-2)7-10(11)19(25)30-4/h5-8H,1-4H3,(H2,21,26,27). The summed E-state index contributed by atoms with van der Waals surface area (Å²) in [5.74, 6) is -1.65. The summed E-state index contributed by atoms with van der Waals surface area (Å²) in [5, 5.41) is 10.4. The molecule has 0 atom stereocenters. The van der Waals surface area contributed by atoms with Gasteiger partial charge in [0.05, 0.1) is 32.6 Å². The number of carbonyl (C=O) groups is 2. The van der Waals surface area contributed by atoms with Crippen molar-refractivity contribution in [1.82, 2.24) is 5.16 Å². The fourth-order valence-electron chi connectivity index (χ4n) is 2.90. The first-order valence-electron chi connectivity index (χ1n) is 8.96. The number of carbonyl (C=O) groups excluding carboxylic acids is 2. The van der Waals surface area contributed by atoms with E-state index < -0.39 is 26.8 Å². The highest BCUT2D eigenvalue weighted by molar-refractivity contribution is 7.89. The van der Waals surface area contributed by atoms with E-state index in [0.29, 0.717) is 0 Å². The van der Waals surface area contributed by atoms with Crippen LogP contribution < -0.4 is 19.5 Å². The lowest BCUT2D eigenvalue weighted by Crippen LogP contribution is -2.29. The fraction of sp³-hybridized carbons (Fsp3) is 0.211. The molecular weight excluding hydrogens is 498 g/mol. The molecule has 0 bridgehead atoms. The number of halogens is 1. The van der Waals surface area contributed by atoms with E-state index in [1.165, 1.54) is 44.7 Å². The monoisotopic (exact) mass is 515 g/mol. The predicted octanol–water partition coefficient (Wildman–Crippen LogP) is 3.13. The molecule has 0 unspecified atom stereocenters. The van der Waals surface area contributed by atoms with Crippen LogP contribution in [0, 0.1) is 6.92 Å². The summed E-state index contributed by atoms with van der Waals surface area (Å²) in [6, 6.07) is 3.81. The number of primary sulfonamides is 1. The number of hydrogen-bond donors (Lipinski definition) is 1. The molecule has 0 fully saturated rings. The van der Waals surface area contributed by atoms with E-state index in [-0.39, 0.29) is 44.2 Å². The number of aryl methyl sites for hydroxylation is 1. The summed E-state index contributed by atoms with van der Waals surface area (Å²) in [7, 11) is -0.373. The van der Waals surface area contributed by atoms with Crippen molar-refractivity contribution in [2.75, 3.05) is 26.2 Å². The number of sulfonamides is 1. The van der Waals surface area contributed by atoms with Gasteiger partial charge in [-0.05, 0) is 18.4 Å². The van der Waals surface area contributed by atoms with E-state index in [4.69, 9.17) is 35.5 Å². The molecule has 0 aliphatic heterocycles. The first kappa shape index (κ1) is 24.5. The summed E-state index contributed by atoms with van der Waals surface area (Å²) in [5.41, 5.74) is 0.0426. The van der Waals surface area contributed by atoms with Crippen LogP contribution in [0.3, 0.4) is 0 Å². The number of thiophene rings is 1. The molecule has 176 valence electrons. The van der Waals surface area contributed by atoms with Crippen molar-refractivity contribution >= 4 is 56.4 Å². The largest absolute Gasteiger partial charge is 0.493 e. The van der Waals surface area contributed by atoms with Crippen molar-refractivity contribution in [1.29, 1.82) is 0 Å². The third-order valence-electron chi connectivity index (χ3n) is 4.46. The number of esters is 1. The Hall–Kier alpha value is -3.13.